The van der Waals surface area contributed by atoms with Gasteiger partial charge in [-0.25, -0.2) is 4.79 Å². The second-order valence-electron chi connectivity index (χ2n) is 16.2. The lowest BCUT2D eigenvalue weighted by atomic mass is 9.89. The van der Waals surface area contributed by atoms with Crippen LogP contribution in [0.4, 0.5) is 4.79 Å². The molecule has 4 amide bonds. The van der Waals surface area contributed by atoms with Crippen molar-refractivity contribution in [2.75, 3.05) is 41.0 Å². The van der Waals surface area contributed by atoms with Gasteiger partial charge in [0.15, 0.2) is 0 Å². The maximum atomic E-state index is 14.4. The Morgan fingerprint density at radius 1 is 0.914 bits per heavy atom. The van der Waals surface area contributed by atoms with Gasteiger partial charge in [-0.2, -0.15) is 0 Å². The number of carbonyl (C=O) groups excluding carboxylic acids is 4. The van der Waals surface area contributed by atoms with Crippen molar-refractivity contribution < 1.29 is 33.4 Å². The fraction of sp³-hybridized carbons (Fsp3) is 0.543. The molecule has 2 aliphatic rings. The number of fused-ring (bicyclic) bond motifs is 3. The summed E-state index contributed by atoms with van der Waals surface area (Å²) in [7, 11) is 4.88. The number of likely N-dealkylation sites (N-methyl/N-ethyl adjacent to an activating group) is 1. The molecular weight excluding hydrogens is 735 g/mol. The van der Waals surface area contributed by atoms with E-state index in [1.54, 1.807) is 38.6 Å². The lowest BCUT2D eigenvalue weighted by Gasteiger charge is -2.40. The topological polar surface area (TPSA) is 139 Å². The molecule has 3 aromatic rings. The molecule has 314 valence electrons. The van der Waals surface area contributed by atoms with E-state index in [9.17, 15) is 19.2 Å². The molecule has 1 fully saturated rings. The van der Waals surface area contributed by atoms with Gasteiger partial charge in [-0.15, -0.1) is 0 Å². The molecule has 0 spiro atoms. The van der Waals surface area contributed by atoms with Gasteiger partial charge in [0.25, 0.3) is 0 Å². The van der Waals surface area contributed by atoms with E-state index in [1.165, 1.54) is 0 Å². The van der Waals surface area contributed by atoms with Crippen LogP contribution in [0.25, 0.3) is 11.1 Å². The van der Waals surface area contributed by atoms with Crippen LogP contribution in [0.5, 0.6) is 0 Å². The Balaban J connectivity index is 1.22. The summed E-state index contributed by atoms with van der Waals surface area (Å²) in [6.07, 6.45) is 4.62. The highest BCUT2D eigenvalue weighted by molar-refractivity contribution is 5.86. The Morgan fingerprint density at radius 3 is 2.14 bits per heavy atom. The van der Waals surface area contributed by atoms with Gasteiger partial charge in [-0.05, 0) is 71.0 Å². The highest BCUT2D eigenvalue weighted by Crippen LogP contribution is 2.44. The Kier molecular flexibility index (Phi) is 15.8. The third kappa shape index (κ3) is 10.2. The summed E-state index contributed by atoms with van der Waals surface area (Å²) in [5.41, 5.74) is 5.57. The Hall–Kier alpha value is -4.81. The SMILES string of the molecule is CC[C@H](C)[C@@H]([C@@H](CC(=O)N1CCC[C@@H]1[C@H](OC)[C@@H](C)C(=O)NCCc1ccncc1)OC)N(C)C(=O)[C@@H](NC(=O)OCC1c2ccccc2-c2ccccc21)C(C)C. The van der Waals surface area contributed by atoms with Gasteiger partial charge < -0.3 is 34.6 Å². The number of rotatable bonds is 19. The first-order chi connectivity index (χ1) is 27.9. The van der Waals surface area contributed by atoms with E-state index in [0.29, 0.717) is 25.9 Å². The van der Waals surface area contributed by atoms with Crippen molar-refractivity contribution in [2.45, 2.75) is 103 Å². The van der Waals surface area contributed by atoms with Crippen molar-refractivity contribution in [2.24, 2.45) is 17.8 Å². The van der Waals surface area contributed by atoms with Crippen LogP contribution in [-0.4, -0.2) is 110 Å². The monoisotopic (exact) mass is 797 g/mol. The van der Waals surface area contributed by atoms with Crippen LogP contribution in [-0.2, 0) is 35.0 Å². The van der Waals surface area contributed by atoms with Crippen molar-refractivity contribution in [3.05, 3.63) is 89.7 Å². The van der Waals surface area contributed by atoms with E-state index in [0.717, 1.165) is 40.7 Å². The quantitative estimate of drug-likeness (QED) is 0.146. The molecule has 1 saturated heterocycles. The zero-order valence-electron chi connectivity index (χ0n) is 35.5. The number of nitrogens with one attached hydrogen (secondary N) is 2. The van der Waals surface area contributed by atoms with Crippen molar-refractivity contribution in [3.8, 4) is 11.1 Å². The smallest absolute Gasteiger partial charge is 0.407 e. The highest BCUT2D eigenvalue weighted by Gasteiger charge is 2.43. The number of likely N-dealkylation sites (tertiary alicyclic amines) is 1. The Morgan fingerprint density at radius 2 is 1.55 bits per heavy atom. The first-order valence-electron chi connectivity index (χ1n) is 20.8. The number of pyridine rings is 1. The fourth-order valence-electron chi connectivity index (χ4n) is 8.85. The minimum Gasteiger partial charge on any atom is -0.449 e. The molecule has 1 aliphatic heterocycles. The van der Waals surface area contributed by atoms with E-state index < -0.39 is 36.3 Å². The maximum Gasteiger partial charge on any atom is 0.407 e. The summed E-state index contributed by atoms with van der Waals surface area (Å²) in [4.78, 5) is 62.8. The summed E-state index contributed by atoms with van der Waals surface area (Å²) < 4.78 is 17.8. The lowest BCUT2D eigenvalue weighted by molar-refractivity contribution is -0.147. The summed E-state index contributed by atoms with van der Waals surface area (Å²) in [5, 5.41) is 5.90. The van der Waals surface area contributed by atoms with Crippen LogP contribution in [0.3, 0.4) is 0 Å². The van der Waals surface area contributed by atoms with E-state index >= 15 is 0 Å². The van der Waals surface area contributed by atoms with Crippen LogP contribution < -0.4 is 10.6 Å². The number of alkyl carbamates (subject to hydrolysis) is 1. The number of benzene rings is 2. The molecule has 2 N–H and O–H groups in total. The van der Waals surface area contributed by atoms with E-state index in [-0.39, 0.29) is 54.5 Å². The van der Waals surface area contributed by atoms with Crippen molar-refractivity contribution in [1.29, 1.82) is 0 Å². The van der Waals surface area contributed by atoms with Crippen molar-refractivity contribution >= 4 is 23.8 Å². The first-order valence-corrected chi connectivity index (χ1v) is 20.8. The van der Waals surface area contributed by atoms with Gasteiger partial charge in [-0.3, -0.25) is 19.4 Å². The highest BCUT2D eigenvalue weighted by atomic mass is 16.5. The average molecular weight is 798 g/mol. The molecule has 5 rings (SSSR count). The standard InChI is InChI=1S/C46H63N5O7/c1-9-30(4)42(39(56-7)27-40(52)51-26-14-19-38(51)43(57-8)31(5)44(53)48-25-22-32-20-23-47-24-21-32)50(6)45(54)41(29(2)3)49-46(55)58-28-37-35-17-12-10-15-33(35)34-16-11-13-18-36(34)37/h10-13,15-18,20-21,23-24,29-31,37-39,41-43H,9,14,19,22,25-28H2,1-8H3,(H,48,53)(H,49,55)/t30-,31+,38+,39+,41-,42-,43+/m0/s1. The van der Waals surface area contributed by atoms with Crippen LogP contribution >= 0.6 is 0 Å². The van der Waals surface area contributed by atoms with Gasteiger partial charge in [0.1, 0.15) is 12.6 Å². The number of nitrogens with zero attached hydrogens (tertiary/aromatic N) is 3. The van der Waals surface area contributed by atoms with Gasteiger partial charge >= 0.3 is 6.09 Å². The first kappa shape index (κ1) is 44.3. The van der Waals surface area contributed by atoms with Crippen molar-refractivity contribution in [1.82, 2.24) is 25.4 Å². The van der Waals surface area contributed by atoms with E-state index in [2.05, 4.69) is 39.9 Å². The molecule has 58 heavy (non-hydrogen) atoms. The van der Waals surface area contributed by atoms with Crippen LogP contribution in [0, 0.1) is 17.8 Å². The van der Waals surface area contributed by atoms with E-state index in [4.69, 9.17) is 14.2 Å². The third-order valence-corrected chi connectivity index (χ3v) is 12.3. The van der Waals surface area contributed by atoms with E-state index in [1.807, 2.05) is 75.9 Å². The second-order valence-corrected chi connectivity index (χ2v) is 16.2. The number of hydrogen-bond acceptors (Lipinski definition) is 8. The summed E-state index contributed by atoms with van der Waals surface area (Å²) in [6.45, 7) is 10.9. The number of hydrogen-bond donors (Lipinski definition) is 2. The molecule has 1 aliphatic carbocycles. The number of aromatic nitrogens is 1. The maximum absolute atomic E-state index is 14.4. The van der Waals surface area contributed by atoms with Crippen LogP contribution in [0.15, 0.2) is 73.1 Å². The Labute approximate surface area is 344 Å². The molecule has 0 saturated carbocycles. The predicted molar refractivity (Wildman–Crippen MR) is 224 cm³/mol. The van der Waals surface area contributed by atoms with Gasteiger partial charge in [0.05, 0.1) is 36.6 Å². The van der Waals surface area contributed by atoms with Crippen molar-refractivity contribution in [3.63, 3.8) is 0 Å². The normalized spacial score (nSPS) is 18.0. The summed E-state index contributed by atoms with van der Waals surface area (Å²) in [5.74, 6) is -1.42. The number of carbonyl (C=O) groups is 4. The molecule has 0 unspecified atom stereocenters. The zero-order chi connectivity index (χ0) is 41.9. The van der Waals surface area contributed by atoms with Crippen LogP contribution in [0.2, 0.25) is 0 Å². The molecule has 0 radical (unpaired) electrons. The van der Waals surface area contributed by atoms with Crippen LogP contribution in [0.1, 0.15) is 82.9 Å². The zero-order valence-corrected chi connectivity index (χ0v) is 35.5. The van der Waals surface area contributed by atoms with Gasteiger partial charge in [0, 0.05) is 52.7 Å². The molecule has 2 aromatic carbocycles. The number of methoxy groups -OCH3 is 2. The number of amides is 4. The minimum absolute atomic E-state index is 0.0362. The number of ether oxygens (including phenoxy) is 3. The summed E-state index contributed by atoms with van der Waals surface area (Å²) >= 11 is 0. The molecule has 0 bridgehead atoms. The predicted octanol–water partition coefficient (Wildman–Crippen LogP) is 6.22. The second kappa shape index (κ2) is 20.7. The molecule has 2 heterocycles. The molecule has 1 aromatic heterocycles. The molecule has 12 heteroatoms. The largest absolute Gasteiger partial charge is 0.449 e. The average Bonchev–Trinajstić information content (AvgIpc) is 3.85. The molecule has 12 nitrogen and oxygen atoms in total. The lowest BCUT2D eigenvalue weighted by Crippen LogP contribution is -2.57. The van der Waals surface area contributed by atoms with Gasteiger partial charge in [-0.1, -0.05) is 89.6 Å². The summed E-state index contributed by atoms with van der Waals surface area (Å²) in [6, 6.07) is 18.5. The third-order valence-electron chi connectivity index (χ3n) is 12.3. The Bertz CT molecular complexity index is 1790. The minimum atomic E-state index is -0.872. The molecular formula is C46H63N5O7. The molecule has 7 atom stereocenters. The van der Waals surface area contributed by atoms with Gasteiger partial charge in [0.2, 0.25) is 17.7 Å². The fourth-order valence-corrected chi connectivity index (χ4v) is 8.85.